The van der Waals surface area contributed by atoms with E-state index in [9.17, 15) is 13.6 Å². The molecule has 152 valence electrons. The van der Waals surface area contributed by atoms with E-state index in [2.05, 4.69) is 10.3 Å². The van der Waals surface area contributed by atoms with Crippen LogP contribution >= 0.6 is 11.3 Å². The first-order chi connectivity index (χ1) is 14.6. The summed E-state index contributed by atoms with van der Waals surface area (Å²) in [5.41, 5.74) is 1.28. The molecule has 0 atom stereocenters. The molecule has 0 fully saturated rings. The summed E-state index contributed by atoms with van der Waals surface area (Å²) in [5.74, 6) is -0.152. The maximum Gasteiger partial charge on any atom is 0.271 e. The van der Waals surface area contributed by atoms with Crippen LogP contribution < -0.4 is 10.1 Å². The lowest BCUT2D eigenvalue weighted by Gasteiger charge is -2.08. The Hall–Kier alpha value is -3.52. The molecular weight excluding hydrogens is 410 g/mol. The Morgan fingerprint density at radius 2 is 1.97 bits per heavy atom. The number of furan rings is 1. The zero-order chi connectivity index (χ0) is 20.9. The molecule has 0 aliphatic carbocycles. The number of hydrogen-bond acceptors (Lipinski definition) is 5. The first kappa shape index (κ1) is 19.8. The summed E-state index contributed by atoms with van der Waals surface area (Å²) >= 11 is 1.35. The molecule has 2 aromatic carbocycles. The second-order valence-electron chi connectivity index (χ2n) is 6.35. The highest BCUT2D eigenvalue weighted by molar-refractivity contribution is 7.13. The fourth-order valence-corrected chi connectivity index (χ4v) is 3.50. The summed E-state index contributed by atoms with van der Waals surface area (Å²) in [5, 5.41) is 5.12. The van der Waals surface area contributed by atoms with E-state index >= 15 is 0 Å². The Morgan fingerprint density at radius 3 is 2.73 bits per heavy atom. The number of carbonyl (C=O) groups is 1. The van der Waals surface area contributed by atoms with Gasteiger partial charge >= 0.3 is 0 Å². The minimum Gasteiger partial charge on any atom is -0.489 e. The number of hydrogen-bond donors (Lipinski definition) is 1. The molecule has 2 heterocycles. The number of aromatic nitrogens is 1. The highest BCUT2D eigenvalue weighted by Gasteiger charge is 2.12. The number of nitrogens with one attached hydrogen (secondary N) is 1. The fraction of sp³-hybridized carbons (Fsp3) is 0.0909. The van der Waals surface area contributed by atoms with Crippen LogP contribution in [0.5, 0.6) is 5.75 Å². The van der Waals surface area contributed by atoms with Crippen LogP contribution in [0, 0.1) is 11.6 Å². The average molecular weight is 426 g/mol. The standard InChI is InChI=1S/C22H16F2N2O3S/c23-16-5-8-19(24)15(10-16)12-29-17-6-3-14(4-7-17)22-26-20(13-30-22)21(27)25-11-18-2-1-9-28-18/h1-10,13H,11-12H2,(H,25,27). The zero-order valence-electron chi connectivity index (χ0n) is 15.6. The third-order valence-electron chi connectivity index (χ3n) is 4.24. The first-order valence-electron chi connectivity index (χ1n) is 9.02. The van der Waals surface area contributed by atoms with Gasteiger partial charge < -0.3 is 14.5 Å². The number of rotatable bonds is 7. The molecule has 4 aromatic rings. The number of carbonyl (C=O) groups excluding carboxylic acids is 1. The van der Waals surface area contributed by atoms with Crippen molar-refractivity contribution in [1.29, 1.82) is 0 Å². The van der Waals surface area contributed by atoms with Gasteiger partial charge in [-0.05, 0) is 54.6 Å². The van der Waals surface area contributed by atoms with Crippen LogP contribution in [0.1, 0.15) is 21.8 Å². The van der Waals surface area contributed by atoms with Crippen molar-refractivity contribution in [2.24, 2.45) is 0 Å². The Bertz CT molecular complexity index is 1140. The van der Waals surface area contributed by atoms with Crippen molar-refractivity contribution in [3.63, 3.8) is 0 Å². The van der Waals surface area contributed by atoms with Crippen LogP contribution in [0.3, 0.4) is 0 Å². The molecule has 0 aliphatic heterocycles. The van der Waals surface area contributed by atoms with Crippen LogP contribution in [0.15, 0.2) is 70.7 Å². The minimum absolute atomic E-state index is 0.0832. The number of benzene rings is 2. The van der Waals surface area contributed by atoms with E-state index < -0.39 is 11.6 Å². The van der Waals surface area contributed by atoms with Crippen molar-refractivity contribution in [2.75, 3.05) is 0 Å². The molecule has 4 rings (SSSR count). The third-order valence-corrected chi connectivity index (χ3v) is 5.13. The Labute approximate surface area is 175 Å². The first-order valence-corrected chi connectivity index (χ1v) is 9.90. The molecule has 8 heteroatoms. The molecule has 0 bridgehead atoms. The van der Waals surface area contributed by atoms with Crippen molar-refractivity contribution in [3.8, 4) is 16.3 Å². The normalized spacial score (nSPS) is 10.7. The van der Waals surface area contributed by atoms with E-state index in [-0.39, 0.29) is 24.6 Å². The lowest BCUT2D eigenvalue weighted by Crippen LogP contribution is -2.22. The minimum atomic E-state index is -0.520. The number of thiazole rings is 1. The molecule has 0 unspecified atom stereocenters. The van der Waals surface area contributed by atoms with Gasteiger partial charge in [-0.15, -0.1) is 11.3 Å². The molecule has 0 saturated heterocycles. The lowest BCUT2D eigenvalue weighted by atomic mass is 10.2. The molecule has 1 amide bonds. The van der Waals surface area contributed by atoms with Gasteiger partial charge in [0.2, 0.25) is 0 Å². The predicted octanol–water partition coefficient (Wildman–Crippen LogP) is 5.19. The average Bonchev–Trinajstić information content (AvgIpc) is 3.45. The van der Waals surface area contributed by atoms with Crippen molar-refractivity contribution in [3.05, 3.63) is 94.9 Å². The lowest BCUT2D eigenvalue weighted by molar-refractivity contribution is 0.0944. The number of halogens is 2. The molecular formula is C22H16F2N2O3S. The zero-order valence-corrected chi connectivity index (χ0v) is 16.4. The highest BCUT2D eigenvalue weighted by Crippen LogP contribution is 2.26. The highest BCUT2D eigenvalue weighted by atomic mass is 32.1. The second-order valence-corrected chi connectivity index (χ2v) is 7.21. The molecule has 0 saturated carbocycles. The van der Waals surface area contributed by atoms with Crippen LogP contribution in [-0.2, 0) is 13.2 Å². The van der Waals surface area contributed by atoms with Gasteiger partial charge in [-0.1, -0.05) is 0 Å². The van der Waals surface area contributed by atoms with E-state index in [1.165, 1.54) is 11.3 Å². The van der Waals surface area contributed by atoms with Gasteiger partial charge in [0, 0.05) is 16.5 Å². The summed E-state index contributed by atoms with van der Waals surface area (Å²) in [4.78, 5) is 16.6. The Balaban J connectivity index is 1.37. The predicted molar refractivity (Wildman–Crippen MR) is 108 cm³/mol. The second kappa shape index (κ2) is 8.87. The molecule has 0 radical (unpaired) electrons. The van der Waals surface area contributed by atoms with Gasteiger partial charge in [-0.2, -0.15) is 0 Å². The summed E-state index contributed by atoms with van der Waals surface area (Å²) in [7, 11) is 0. The molecule has 5 nitrogen and oxygen atoms in total. The van der Waals surface area contributed by atoms with Crippen molar-refractivity contribution >= 4 is 17.2 Å². The third kappa shape index (κ3) is 4.72. The Kier molecular flexibility index (Phi) is 5.85. The van der Waals surface area contributed by atoms with Gasteiger partial charge in [0.15, 0.2) is 0 Å². The SMILES string of the molecule is O=C(NCc1ccco1)c1csc(-c2ccc(OCc3cc(F)ccc3F)cc2)n1. The maximum atomic E-state index is 13.7. The monoisotopic (exact) mass is 426 g/mol. The molecule has 2 aromatic heterocycles. The summed E-state index contributed by atoms with van der Waals surface area (Å²) < 4.78 is 37.6. The number of nitrogens with zero attached hydrogens (tertiary/aromatic N) is 1. The summed E-state index contributed by atoms with van der Waals surface area (Å²) in [6.07, 6.45) is 1.55. The largest absolute Gasteiger partial charge is 0.489 e. The van der Waals surface area contributed by atoms with Gasteiger partial charge in [0.25, 0.3) is 5.91 Å². The van der Waals surface area contributed by atoms with Crippen LogP contribution in [0.2, 0.25) is 0 Å². The number of amides is 1. The Morgan fingerprint density at radius 1 is 1.13 bits per heavy atom. The van der Waals surface area contributed by atoms with Gasteiger partial charge in [0.1, 0.15) is 40.5 Å². The molecule has 30 heavy (non-hydrogen) atoms. The van der Waals surface area contributed by atoms with Crippen LogP contribution in [0.25, 0.3) is 10.6 Å². The summed E-state index contributed by atoms with van der Waals surface area (Å²) in [6, 6.07) is 13.8. The van der Waals surface area contributed by atoms with Crippen molar-refractivity contribution < 1.29 is 22.7 Å². The topological polar surface area (TPSA) is 64.4 Å². The molecule has 0 spiro atoms. The quantitative estimate of drug-likeness (QED) is 0.442. The summed E-state index contributed by atoms with van der Waals surface area (Å²) in [6.45, 7) is 0.205. The fourth-order valence-electron chi connectivity index (χ4n) is 2.69. The van der Waals surface area contributed by atoms with Gasteiger partial charge in [0.05, 0.1) is 12.8 Å². The van der Waals surface area contributed by atoms with Crippen molar-refractivity contribution in [1.82, 2.24) is 10.3 Å². The van der Waals surface area contributed by atoms with Crippen LogP contribution in [0.4, 0.5) is 8.78 Å². The van der Waals surface area contributed by atoms with Gasteiger partial charge in [-0.3, -0.25) is 4.79 Å². The molecule has 1 N–H and O–H groups in total. The smallest absolute Gasteiger partial charge is 0.271 e. The van der Waals surface area contributed by atoms with E-state index in [0.29, 0.717) is 22.2 Å². The van der Waals surface area contributed by atoms with Crippen LogP contribution in [-0.4, -0.2) is 10.9 Å². The maximum absolute atomic E-state index is 13.7. The van der Waals surface area contributed by atoms with E-state index in [0.717, 1.165) is 23.8 Å². The van der Waals surface area contributed by atoms with Crippen molar-refractivity contribution in [2.45, 2.75) is 13.2 Å². The van der Waals surface area contributed by atoms with E-state index in [1.54, 1.807) is 48.0 Å². The molecule has 0 aliphatic rings. The van der Waals surface area contributed by atoms with E-state index in [4.69, 9.17) is 9.15 Å². The van der Waals surface area contributed by atoms with Gasteiger partial charge in [-0.25, -0.2) is 13.8 Å². The number of ether oxygens (including phenoxy) is 1. The van der Waals surface area contributed by atoms with E-state index in [1.807, 2.05) is 0 Å².